The zero-order valence-corrected chi connectivity index (χ0v) is 12.6. The highest BCUT2D eigenvalue weighted by Gasteiger charge is 2.57. The predicted octanol–water partition coefficient (Wildman–Crippen LogP) is 3.65. The summed E-state index contributed by atoms with van der Waals surface area (Å²) in [6, 6.07) is 0. The van der Waals surface area contributed by atoms with Crippen LogP contribution >= 0.6 is 0 Å². The molecule has 3 heteroatoms. The SMILES string of the molecule is C[C@]12CC[C@H]3[C@@H](CCC4=CC(=O)CC(F)[C@@H]43)[C@@H]1CCC2=O. The van der Waals surface area contributed by atoms with Gasteiger partial charge in [-0.05, 0) is 55.9 Å². The number of allylic oxidation sites excluding steroid dienone is 1. The van der Waals surface area contributed by atoms with Crippen LogP contribution in [0.15, 0.2) is 11.6 Å². The lowest BCUT2D eigenvalue weighted by Gasteiger charge is -2.52. The van der Waals surface area contributed by atoms with E-state index in [4.69, 9.17) is 0 Å². The van der Waals surface area contributed by atoms with Crippen molar-refractivity contribution in [3.8, 4) is 0 Å². The Morgan fingerprint density at radius 1 is 1.14 bits per heavy atom. The molecule has 0 aromatic rings. The molecule has 0 aromatic carbocycles. The van der Waals surface area contributed by atoms with Crippen LogP contribution in [0, 0.1) is 29.1 Å². The first kappa shape index (κ1) is 13.7. The van der Waals surface area contributed by atoms with Gasteiger partial charge >= 0.3 is 0 Å². The normalized spacial score (nSPS) is 49.2. The smallest absolute Gasteiger partial charge is 0.158 e. The van der Waals surface area contributed by atoms with Crippen LogP contribution < -0.4 is 0 Å². The molecule has 0 radical (unpaired) electrons. The van der Waals surface area contributed by atoms with Crippen LogP contribution in [0.4, 0.5) is 4.39 Å². The summed E-state index contributed by atoms with van der Waals surface area (Å²) in [6.45, 7) is 2.14. The van der Waals surface area contributed by atoms with Gasteiger partial charge < -0.3 is 0 Å². The van der Waals surface area contributed by atoms with Gasteiger partial charge in [-0.2, -0.15) is 0 Å². The predicted molar refractivity (Wildman–Crippen MR) is 77.4 cm³/mol. The largest absolute Gasteiger partial charge is 0.299 e. The van der Waals surface area contributed by atoms with E-state index in [1.807, 2.05) is 0 Å². The van der Waals surface area contributed by atoms with Crippen molar-refractivity contribution >= 4 is 11.6 Å². The lowest BCUT2D eigenvalue weighted by atomic mass is 9.52. The summed E-state index contributed by atoms with van der Waals surface area (Å²) in [5, 5.41) is 0. The molecule has 3 fully saturated rings. The van der Waals surface area contributed by atoms with Crippen molar-refractivity contribution in [3.63, 3.8) is 0 Å². The van der Waals surface area contributed by atoms with Crippen LogP contribution in [-0.2, 0) is 9.59 Å². The van der Waals surface area contributed by atoms with E-state index in [0.29, 0.717) is 23.5 Å². The summed E-state index contributed by atoms with van der Waals surface area (Å²) in [7, 11) is 0. The maximum absolute atomic E-state index is 14.5. The monoisotopic (exact) mass is 290 g/mol. The van der Waals surface area contributed by atoms with E-state index < -0.39 is 6.17 Å². The van der Waals surface area contributed by atoms with Crippen molar-refractivity contribution in [2.24, 2.45) is 29.1 Å². The van der Waals surface area contributed by atoms with Crippen LogP contribution in [-0.4, -0.2) is 17.7 Å². The summed E-state index contributed by atoms with van der Waals surface area (Å²) in [5.74, 6) is 1.66. The average Bonchev–Trinajstić information content (AvgIpc) is 2.74. The summed E-state index contributed by atoms with van der Waals surface area (Å²) in [5.41, 5.74) is 0.923. The standard InChI is InChI=1S/C18H23FO2/c1-18-7-6-13-12(14(18)4-5-16(18)21)3-2-10-8-11(20)9-15(19)17(10)13/h8,12-15,17H,2-7,9H2,1H3/t12-,13+,14+,15?,17+,18+/m1/s1. The molecule has 0 aliphatic heterocycles. The number of alkyl halides is 1. The van der Waals surface area contributed by atoms with Crippen molar-refractivity contribution in [1.82, 2.24) is 0 Å². The van der Waals surface area contributed by atoms with Crippen molar-refractivity contribution in [2.75, 3.05) is 0 Å². The number of ketones is 2. The van der Waals surface area contributed by atoms with Crippen molar-refractivity contribution in [2.45, 2.75) is 58.0 Å². The molecule has 0 N–H and O–H groups in total. The Balaban J connectivity index is 1.67. The zero-order valence-electron chi connectivity index (χ0n) is 12.6. The molecule has 0 heterocycles. The molecule has 3 saturated carbocycles. The van der Waals surface area contributed by atoms with Crippen LogP contribution in [0.3, 0.4) is 0 Å². The maximum atomic E-state index is 14.5. The van der Waals surface area contributed by atoms with Gasteiger partial charge in [0.05, 0.1) is 0 Å². The highest BCUT2D eigenvalue weighted by Crippen LogP contribution is 2.60. The van der Waals surface area contributed by atoms with Crippen LogP contribution in [0.25, 0.3) is 0 Å². The number of fused-ring (bicyclic) bond motifs is 5. The fourth-order valence-corrected chi connectivity index (χ4v) is 5.98. The topological polar surface area (TPSA) is 34.1 Å². The number of hydrogen-bond acceptors (Lipinski definition) is 2. The Morgan fingerprint density at radius 3 is 2.76 bits per heavy atom. The second-order valence-electron chi connectivity index (χ2n) is 7.82. The number of rotatable bonds is 0. The van der Waals surface area contributed by atoms with Gasteiger partial charge in [0.25, 0.3) is 0 Å². The summed E-state index contributed by atoms with van der Waals surface area (Å²) < 4.78 is 14.5. The van der Waals surface area contributed by atoms with E-state index >= 15 is 0 Å². The van der Waals surface area contributed by atoms with Gasteiger partial charge in [0.2, 0.25) is 0 Å². The average molecular weight is 290 g/mol. The van der Waals surface area contributed by atoms with Gasteiger partial charge in [0.1, 0.15) is 12.0 Å². The highest BCUT2D eigenvalue weighted by atomic mass is 19.1. The number of hydrogen-bond donors (Lipinski definition) is 0. The number of carbonyl (C=O) groups excluding carboxylic acids is 2. The Bertz CT molecular complexity index is 537. The van der Waals surface area contributed by atoms with E-state index in [9.17, 15) is 14.0 Å². The first-order chi connectivity index (χ1) is 10.0. The quantitative estimate of drug-likeness (QED) is 0.682. The number of halogens is 1. The molecule has 0 saturated heterocycles. The molecular weight excluding hydrogens is 267 g/mol. The number of Topliss-reactive ketones (excluding diaryl/α,β-unsaturated/α-hetero) is 1. The van der Waals surface area contributed by atoms with Gasteiger partial charge in [-0.1, -0.05) is 12.5 Å². The molecule has 21 heavy (non-hydrogen) atoms. The Labute approximate surface area is 125 Å². The zero-order chi connectivity index (χ0) is 14.8. The van der Waals surface area contributed by atoms with Crippen molar-refractivity contribution in [3.05, 3.63) is 11.6 Å². The molecule has 0 amide bonds. The minimum absolute atomic E-state index is 0.0381. The van der Waals surface area contributed by atoms with Crippen LogP contribution in [0.1, 0.15) is 51.9 Å². The molecule has 4 aliphatic carbocycles. The summed E-state index contributed by atoms with van der Waals surface area (Å²) >= 11 is 0. The van der Waals surface area contributed by atoms with E-state index in [1.54, 1.807) is 6.08 Å². The first-order valence-corrected chi connectivity index (χ1v) is 8.41. The molecule has 2 nitrogen and oxygen atoms in total. The maximum Gasteiger partial charge on any atom is 0.158 e. The third kappa shape index (κ3) is 1.82. The van der Waals surface area contributed by atoms with Gasteiger partial charge in [-0.15, -0.1) is 0 Å². The Hall–Kier alpha value is -0.990. The van der Waals surface area contributed by atoms with Crippen molar-refractivity contribution < 1.29 is 14.0 Å². The summed E-state index contributed by atoms with van der Waals surface area (Å²) in [6.07, 6.45) is 6.30. The van der Waals surface area contributed by atoms with Gasteiger partial charge in [0.15, 0.2) is 5.78 Å². The minimum atomic E-state index is -0.994. The molecule has 114 valence electrons. The third-order valence-corrected chi connectivity index (χ3v) is 6.99. The Morgan fingerprint density at radius 2 is 1.95 bits per heavy atom. The van der Waals surface area contributed by atoms with Gasteiger partial charge in [0, 0.05) is 24.2 Å². The molecule has 0 spiro atoms. The lowest BCUT2D eigenvalue weighted by Crippen LogP contribution is -2.48. The second-order valence-corrected chi connectivity index (χ2v) is 7.82. The summed E-state index contributed by atoms with van der Waals surface area (Å²) in [4.78, 5) is 23.9. The molecule has 4 aliphatic rings. The molecule has 4 rings (SSSR count). The van der Waals surface area contributed by atoms with E-state index in [-0.39, 0.29) is 23.5 Å². The molecule has 0 bridgehead atoms. The van der Waals surface area contributed by atoms with Gasteiger partial charge in [-0.3, -0.25) is 9.59 Å². The molecular formula is C18H23FO2. The fraction of sp³-hybridized carbons (Fsp3) is 0.778. The first-order valence-electron chi connectivity index (χ1n) is 8.41. The lowest BCUT2D eigenvalue weighted by molar-refractivity contribution is -0.131. The molecule has 6 atom stereocenters. The van der Waals surface area contributed by atoms with E-state index in [2.05, 4.69) is 6.92 Å². The van der Waals surface area contributed by atoms with Crippen LogP contribution in [0.5, 0.6) is 0 Å². The minimum Gasteiger partial charge on any atom is -0.299 e. The molecule has 1 unspecified atom stereocenters. The van der Waals surface area contributed by atoms with E-state index in [1.165, 1.54) is 0 Å². The fourth-order valence-electron chi connectivity index (χ4n) is 5.98. The van der Waals surface area contributed by atoms with E-state index in [0.717, 1.165) is 44.1 Å². The van der Waals surface area contributed by atoms with Crippen LogP contribution in [0.2, 0.25) is 0 Å². The van der Waals surface area contributed by atoms with Gasteiger partial charge in [-0.25, -0.2) is 4.39 Å². The molecule has 0 aromatic heterocycles. The van der Waals surface area contributed by atoms with Crippen molar-refractivity contribution in [1.29, 1.82) is 0 Å². The third-order valence-electron chi connectivity index (χ3n) is 6.99. The number of carbonyl (C=O) groups is 2. The Kier molecular flexibility index (Phi) is 2.93. The highest BCUT2D eigenvalue weighted by molar-refractivity contribution is 5.92. The second kappa shape index (κ2) is 4.50.